The molecule has 1 aliphatic heterocycles. The van der Waals surface area contributed by atoms with Crippen molar-refractivity contribution in [3.63, 3.8) is 0 Å². The van der Waals surface area contributed by atoms with E-state index in [-0.39, 0.29) is 30.2 Å². The number of halogens is 2. The van der Waals surface area contributed by atoms with Gasteiger partial charge in [0.2, 0.25) is 10.0 Å². The van der Waals surface area contributed by atoms with E-state index in [4.69, 9.17) is 9.47 Å². The molecule has 1 fully saturated rings. The maximum absolute atomic E-state index is 13.4. The smallest absolute Gasteiger partial charge is 0.338 e. The van der Waals surface area contributed by atoms with Crippen molar-refractivity contribution in [1.82, 2.24) is 13.9 Å². The summed E-state index contributed by atoms with van der Waals surface area (Å²) >= 11 is 0. The van der Waals surface area contributed by atoms with Crippen molar-refractivity contribution in [2.24, 2.45) is 0 Å². The lowest BCUT2D eigenvalue weighted by atomic mass is 10.2. The van der Waals surface area contributed by atoms with Crippen LogP contribution in [-0.4, -0.2) is 54.5 Å². The minimum Gasteiger partial charge on any atom is -0.454 e. The zero-order valence-corrected chi connectivity index (χ0v) is 18.8. The number of fused-ring (bicyclic) bond motifs is 1. The number of hydrogen-bond acceptors (Lipinski definition) is 6. The summed E-state index contributed by atoms with van der Waals surface area (Å²) in [6.07, 6.45) is 0.767. The van der Waals surface area contributed by atoms with Gasteiger partial charge in [-0.05, 0) is 42.8 Å². The second kappa shape index (κ2) is 9.54. The molecule has 0 aliphatic carbocycles. The molecule has 4 rings (SSSR count). The van der Waals surface area contributed by atoms with Crippen molar-refractivity contribution in [3.8, 4) is 0 Å². The highest BCUT2D eigenvalue weighted by Crippen LogP contribution is 2.24. The molecule has 0 bridgehead atoms. The van der Waals surface area contributed by atoms with Gasteiger partial charge in [0, 0.05) is 19.6 Å². The van der Waals surface area contributed by atoms with Crippen LogP contribution >= 0.6 is 0 Å². The molecule has 0 N–H and O–H groups in total. The number of aromatic nitrogens is 2. The summed E-state index contributed by atoms with van der Waals surface area (Å²) in [6.45, 7) is 3.61. The SMILES string of the molecule is CCCn1c(COC(=O)c2ccc(F)c(F)c2)nc2cc(S(=O)(=O)N3CCOCC3)ccc21. The highest BCUT2D eigenvalue weighted by atomic mass is 32.2. The molecule has 1 aromatic heterocycles. The molecular formula is C22H23F2N3O5S. The van der Waals surface area contributed by atoms with Crippen LogP contribution in [0, 0.1) is 11.6 Å². The highest BCUT2D eigenvalue weighted by molar-refractivity contribution is 7.89. The maximum Gasteiger partial charge on any atom is 0.338 e. The topological polar surface area (TPSA) is 90.7 Å². The fourth-order valence-electron chi connectivity index (χ4n) is 3.68. The molecule has 0 radical (unpaired) electrons. The Morgan fingerprint density at radius 3 is 2.58 bits per heavy atom. The Morgan fingerprint density at radius 2 is 1.88 bits per heavy atom. The van der Waals surface area contributed by atoms with Gasteiger partial charge in [-0.3, -0.25) is 0 Å². The van der Waals surface area contributed by atoms with Crippen LogP contribution in [0.25, 0.3) is 11.0 Å². The van der Waals surface area contributed by atoms with Crippen LogP contribution in [0.2, 0.25) is 0 Å². The van der Waals surface area contributed by atoms with E-state index in [2.05, 4.69) is 4.98 Å². The third-order valence-electron chi connectivity index (χ3n) is 5.34. The van der Waals surface area contributed by atoms with Gasteiger partial charge in [0.05, 0.1) is 34.7 Å². The second-order valence-electron chi connectivity index (χ2n) is 7.55. The van der Waals surface area contributed by atoms with E-state index >= 15 is 0 Å². The highest BCUT2D eigenvalue weighted by Gasteiger charge is 2.27. The van der Waals surface area contributed by atoms with Crippen molar-refractivity contribution in [3.05, 3.63) is 59.4 Å². The van der Waals surface area contributed by atoms with Gasteiger partial charge in [0.1, 0.15) is 12.4 Å². The van der Waals surface area contributed by atoms with Gasteiger partial charge in [-0.2, -0.15) is 4.31 Å². The first kappa shape index (κ1) is 23.3. The number of carbonyl (C=O) groups excluding carboxylic acids is 1. The van der Waals surface area contributed by atoms with Crippen LogP contribution in [0.15, 0.2) is 41.3 Å². The number of nitrogens with zero attached hydrogens (tertiary/aromatic N) is 3. The van der Waals surface area contributed by atoms with E-state index in [1.54, 1.807) is 6.07 Å². The fourth-order valence-corrected chi connectivity index (χ4v) is 5.10. The molecule has 0 spiro atoms. The van der Waals surface area contributed by atoms with E-state index in [1.165, 1.54) is 16.4 Å². The molecule has 33 heavy (non-hydrogen) atoms. The van der Waals surface area contributed by atoms with Crippen LogP contribution in [0.4, 0.5) is 8.78 Å². The summed E-state index contributed by atoms with van der Waals surface area (Å²) in [6, 6.07) is 7.50. The lowest BCUT2D eigenvalue weighted by molar-refractivity contribution is 0.0458. The van der Waals surface area contributed by atoms with E-state index < -0.39 is 27.6 Å². The molecule has 2 heterocycles. The normalized spacial score (nSPS) is 15.1. The van der Waals surface area contributed by atoms with Crippen LogP contribution in [-0.2, 0) is 32.6 Å². The van der Waals surface area contributed by atoms with Gasteiger partial charge in [0.25, 0.3) is 0 Å². The van der Waals surface area contributed by atoms with Gasteiger partial charge in [-0.25, -0.2) is 27.0 Å². The summed E-state index contributed by atoms with van der Waals surface area (Å²) in [5, 5.41) is 0. The first-order chi connectivity index (χ1) is 15.8. The number of hydrogen-bond donors (Lipinski definition) is 0. The Kier molecular flexibility index (Phi) is 6.73. The number of esters is 1. The number of aryl methyl sites for hydroxylation is 1. The van der Waals surface area contributed by atoms with E-state index in [0.29, 0.717) is 36.6 Å². The van der Waals surface area contributed by atoms with Gasteiger partial charge >= 0.3 is 5.97 Å². The van der Waals surface area contributed by atoms with Crippen molar-refractivity contribution < 1.29 is 31.5 Å². The summed E-state index contributed by atoms with van der Waals surface area (Å²) in [5.74, 6) is -2.60. The number of carbonyl (C=O) groups is 1. The standard InChI is InChI=1S/C22H23F2N3O5S/c1-2-7-27-20-6-4-16(33(29,30)26-8-10-31-11-9-26)13-19(20)25-21(27)14-32-22(28)15-3-5-17(23)18(24)12-15/h3-6,12-13H,2,7-11,14H2,1H3. The molecule has 0 amide bonds. The number of sulfonamides is 1. The molecule has 11 heteroatoms. The zero-order chi connectivity index (χ0) is 23.6. The van der Waals surface area contributed by atoms with Gasteiger partial charge in [-0.1, -0.05) is 6.92 Å². The van der Waals surface area contributed by atoms with Gasteiger partial charge in [-0.15, -0.1) is 0 Å². The molecule has 176 valence electrons. The monoisotopic (exact) mass is 479 g/mol. The third kappa shape index (κ3) is 4.75. The van der Waals surface area contributed by atoms with E-state index in [9.17, 15) is 22.0 Å². The predicted molar refractivity (Wildman–Crippen MR) is 115 cm³/mol. The summed E-state index contributed by atoms with van der Waals surface area (Å²) < 4.78 is 66.2. The average molecular weight is 480 g/mol. The van der Waals surface area contributed by atoms with Crippen molar-refractivity contribution in [1.29, 1.82) is 0 Å². The second-order valence-corrected chi connectivity index (χ2v) is 9.49. The Bertz CT molecular complexity index is 1290. The minimum atomic E-state index is -3.69. The van der Waals surface area contributed by atoms with Gasteiger partial charge < -0.3 is 14.0 Å². The Labute approximate surface area is 189 Å². The molecule has 2 aromatic carbocycles. The summed E-state index contributed by atoms with van der Waals surface area (Å²) in [4.78, 5) is 16.9. The lowest BCUT2D eigenvalue weighted by Crippen LogP contribution is -2.40. The third-order valence-corrected chi connectivity index (χ3v) is 7.24. The maximum atomic E-state index is 13.4. The first-order valence-electron chi connectivity index (χ1n) is 10.5. The van der Waals surface area contributed by atoms with Crippen LogP contribution < -0.4 is 0 Å². The van der Waals surface area contributed by atoms with Crippen molar-refractivity contribution in [2.75, 3.05) is 26.3 Å². The number of morpholine rings is 1. The molecule has 3 aromatic rings. The number of benzene rings is 2. The predicted octanol–water partition coefficient (Wildman–Crippen LogP) is 3.10. The molecule has 1 aliphatic rings. The van der Waals surface area contributed by atoms with E-state index in [0.717, 1.165) is 24.6 Å². The minimum absolute atomic E-state index is 0.119. The zero-order valence-electron chi connectivity index (χ0n) is 18.0. The fraction of sp³-hybridized carbons (Fsp3) is 0.364. The van der Waals surface area contributed by atoms with Crippen LogP contribution in [0.5, 0.6) is 0 Å². The average Bonchev–Trinajstić information content (AvgIpc) is 3.16. The van der Waals surface area contributed by atoms with Crippen molar-refractivity contribution in [2.45, 2.75) is 31.4 Å². The Balaban J connectivity index is 1.60. The summed E-state index contributed by atoms with van der Waals surface area (Å²) in [5.41, 5.74) is 1.04. The molecule has 8 nitrogen and oxygen atoms in total. The van der Waals surface area contributed by atoms with E-state index in [1.807, 2.05) is 11.5 Å². The molecule has 0 saturated carbocycles. The van der Waals surface area contributed by atoms with Crippen LogP contribution in [0.3, 0.4) is 0 Å². The molecule has 0 unspecified atom stereocenters. The largest absolute Gasteiger partial charge is 0.454 e. The Hall–Kier alpha value is -2.89. The van der Waals surface area contributed by atoms with Gasteiger partial charge in [0.15, 0.2) is 11.6 Å². The summed E-state index contributed by atoms with van der Waals surface area (Å²) in [7, 11) is -3.69. The molecule has 0 atom stereocenters. The van der Waals surface area contributed by atoms with Crippen molar-refractivity contribution >= 4 is 27.0 Å². The lowest BCUT2D eigenvalue weighted by Gasteiger charge is -2.26. The quantitative estimate of drug-likeness (QED) is 0.484. The van der Waals surface area contributed by atoms with Crippen LogP contribution in [0.1, 0.15) is 29.5 Å². The number of imidazole rings is 1. The molecular weight excluding hydrogens is 456 g/mol. The first-order valence-corrected chi connectivity index (χ1v) is 11.9. The molecule has 1 saturated heterocycles. The number of rotatable bonds is 7. The number of ether oxygens (including phenoxy) is 2. The Morgan fingerprint density at radius 1 is 1.12 bits per heavy atom.